The van der Waals surface area contributed by atoms with Crippen LogP contribution in [0.2, 0.25) is 5.02 Å². The Labute approximate surface area is 222 Å². The van der Waals surface area contributed by atoms with Crippen LogP contribution in [0.5, 0.6) is 11.5 Å². The molecular formula is C25H31ClN6O4S. The third-order valence-corrected chi connectivity index (χ3v) is 6.62. The molecule has 198 valence electrons. The van der Waals surface area contributed by atoms with Crippen LogP contribution >= 0.6 is 11.6 Å². The van der Waals surface area contributed by atoms with Crippen molar-refractivity contribution in [3.63, 3.8) is 0 Å². The molecule has 0 unspecified atom stereocenters. The predicted molar refractivity (Wildman–Crippen MR) is 147 cm³/mol. The number of hydrogen-bond donors (Lipinski definition) is 3. The van der Waals surface area contributed by atoms with E-state index in [0.29, 0.717) is 46.9 Å². The molecule has 3 N–H and O–H groups in total. The van der Waals surface area contributed by atoms with E-state index < -0.39 is 10.0 Å². The topological polar surface area (TPSA) is 118 Å². The number of nitrogens with zero attached hydrogens (tertiary/aromatic N) is 3. The molecule has 0 atom stereocenters. The van der Waals surface area contributed by atoms with Crippen LogP contribution in [0, 0.1) is 0 Å². The Kier molecular flexibility index (Phi) is 8.91. The van der Waals surface area contributed by atoms with Crippen molar-refractivity contribution in [3.05, 3.63) is 53.7 Å². The summed E-state index contributed by atoms with van der Waals surface area (Å²) in [4.78, 5) is 11.2. The number of sulfonamides is 1. The number of hydrogen-bond acceptors (Lipinski definition) is 9. The summed E-state index contributed by atoms with van der Waals surface area (Å²) in [5.74, 6) is 1.87. The molecule has 37 heavy (non-hydrogen) atoms. The van der Waals surface area contributed by atoms with Crippen molar-refractivity contribution in [1.29, 1.82) is 0 Å². The van der Waals surface area contributed by atoms with E-state index in [-0.39, 0.29) is 5.02 Å². The van der Waals surface area contributed by atoms with Crippen LogP contribution in [0.4, 0.5) is 28.8 Å². The first-order valence-electron chi connectivity index (χ1n) is 12.0. The van der Waals surface area contributed by atoms with Crippen molar-refractivity contribution in [2.45, 2.75) is 19.3 Å². The van der Waals surface area contributed by atoms with Crippen LogP contribution in [-0.4, -0.2) is 62.9 Å². The van der Waals surface area contributed by atoms with Gasteiger partial charge in [0.2, 0.25) is 16.0 Å². The van der Waals surface area contributed by atoms with E-state index in [1.54, 1.807) is 31.4 Å². The van der Waals surface area contributed by atoms with E-state index >= 15 is 0 Å². The maximum atomic E-state index is 11.7. The minimum atomic E-state index is -3.47. The molecule has 4 rings (SSSR count). The van der Waals surface area contributed by atoms with E-state index in [0.717, 1.165) is 25.9 Å². The van der Waals surface area contributed by atoms with Gasteiger partial charge >= 0.3 is 0 Å². The third kappa shape index (κ3) is 7.85. The lowest BCUT2D eigenvalue weighted by atomic mass is 10.1. The molecule has 0 spiro atoms. The average molecular weight is 547 g/mol. The molecule has 1 aliphatic rings. The molecular weight excluding hydrogens is 516 g/mol. The first kappa shape index (κ1) is 26.8. The maximum absolute atomic E-state index is 11.7. The van der Waals surface area contributed by atoms with Gasteiger partial charge in [-0.1, -0.05) is 30.2 Å². The van der Waals surface area contributed by atoms with E-state index in [1.165, 1.54) is 25.5 Å². The standard InChI is InChI=1S/C25H31ClN6O4S/c1-35-22-11-10-18(16-23(22)36-15-14-32-12-6-3-7-13-32)28-25-27-17-19(26)24(30-25)29-20-8-4-5-9-21(20)31-37(2,33)34/h4-5,8-11,16-17,31H,3,6-7,12-15H2,1-2H3,(H2,27,28,29,30). The zero-order valence-corrected chi connectivity index (χ0v) is 22.4. The van der Waals surface area contributed by atoms with Crippen LogP contribution in [-0.2, 0) is 10.0 Å². The zero-order chi connectivity index (χ0) is 26.3. The molecule has 3 aromatic rings. The molecule has 0 bridgehead atoms. The molecule has 0 amide bonds. The second kappa shape index (κ2) is 12.3. The van der Waals surface area contributed by atoms with Gasteiger partial charge in [0.15, 0.2) is 17.3 Å². The molecule has 0 saturated carbocycles. The van der Waals surface area contributed by atoms with Gasteiger partial charge in [0, 0.05) is 18.3 Å². The fourth-order valence-electron chi connectivity index (χ4n) is 3.99. The normalized spacial score (nSPS) is 14.1. The minimum Gasteiger partial charge on any atom is -0.493 e. The second-order valence-electron chi connectivity index (χ2n) is 8.68. The maximum Gasteiger partial charge on any atom is 0.229 e. The molecule has 0 radical (unpaired) electrons. The Morgan fingerprint density at radius 1 is 1.03 bits per heavy atom. The number of para-hydroxylation sites is 2. The monoisotopic (exact) mass is 546 g/mol. The Hall–Kier alpha value is -3.28. The highest BCUT2D eigenvalue weighted by Crippen LogP contribution is 2.33. The summed E-state index contributed by atoms with van der Waals surface area (Å²) in [6.07, 6.45) is 6.32. The van der Waals surface area contributed by atoms with Gasteiger partial charge in [-0.2, -0.15) is 4.98 Å². The molecule has 1 fully saturated rings. The van der Waals surface area contributed by atoms with Crippen LogP contribution in [0.25, 0.3) is 0 Å². The van der Waals surface area contributed by atoms with Gasteiger partial charge in [-0.25, -0.2) is 13.4 Å². The van der Waals surface area contributed by atoms with Gasteiger partial charge in [0.1, 0.15) is 11.6 Å². The number of benzene rings is 2. The molecule has 10 nitrogen and oxygen atoms in total. The van der Waals surface area contributed by atoms with Crippen molar-refractivity contribution in [2.75, 3.05) is 55.0 Å². The van der Waals surface area contributed by atoms with E-state index in [1.807, 2.05) is 18.2 Å². The summed E-state index contributed by atoms with van der Waals surface area (Å²) < 4.78 is 37.4. The summed E-state index contributed by atoms with van der Waals surface area (Å²) in [5.41, 5.74) is 1.57. The van der Waals surface area contributed by atoms with Gasteiger partial charge in [-0.15, -0.1) is 0 Å². The van der Waals surface area contributed by atoms with Crippen LogP contribution in [0.15, 0.2) is 48.7 Å². The van der Waals surface area contributed by atoms with Gasteiger partial charge < -0.3 is 20.1 Å². The summed E-state index contributed by atoms with van der Waals surface area (Å²) in [6, 6.07) is 12.4. The van der Waals surface area contributed by atoms with Crippen LogP contribution in [0.1, 0.15) is 19.3 Å². The highest BCUT2D eigenvalue weighted by molar-refractivity contribution is 7.92. The highest BCUT2D eigenvalue weighted by atomic mass is 35.5. The van der Waals surface area contributed by atoms with Crippen molar-refractivity contribution in [2.24, 2.45) is 0 Å². The summed E-state index contributed by atoms with van der Waals surface area (Å²) in [5, 5.41) is 6.52. The number of halogens is 1. The largest absolute Gasteiger partial charge is 0.493 e. The number of rotatable bonds is 11. The fourth-order valence-corrected chi connectivity index (χ4v) is 4.70. The SMILES string of the molecule is COc1ccc(Nc2ncc(Cl)c(Nc3ccccc3NS(C)(=O)=O)n2)cc1OCCN1CCCCC1. The molecule has 1 aromatic heterocycles. The minimum absolute atomic E-state index is 0.274. The Morgan fingerprint density at radius 3 is 2.51 bits per heavy atom. The quantitative estimate of drug-likeness (QED) is 0.310. The highest BCUT2D eigenvalue weighted by Gasteiger charge is 2.14. The van der Waals surface area contributed by atoms with Gasteiger partial charge in [-0.3, -0.25) is 9.62 Å². The van der Waals surface area contributed by atoms with Crippen molar-refractivity contribution >= 4 is 50.5 Å². The van der Waals surface area contributed by atoms with E-state index in [2.05, 4.69) is 30.2 Å². The van der Waals surface area contributed by atoms with Crippen molar-refractivity contribution < 1.29 is 17.9 Å². The number of methoxy groups -OCH3 is 1. The fraction of sp³-hybridized carbons (Fsp3) is 0.360. The molecule has 0 aliphatic carbocycles. The first-order valence-corrected chi connectivity index (χ1v) is 14.2. The van der Waals surface area contributed by atoms with E-state index in [4.69, 9.17) is 21.1 Å². The number of piperidine rings is 1. The molecule has 12 heteroatoms. The van der Waals surface area contributed by atoms with Gasteiger partial charge in [0.05, 0.1) is 30.9 Å². The third-order valence-electron chi connectivity index (χ3n) is 5.75. The van der Waals surface area contributed by atoms with E-state index in [9.17, 15) is 8.42 Å². The van der Waals surface area contributed by atoms with Gasteiger partial charge in [-0.05, 0) is 50.2 Å². The van der Waals surface area contributed by atoms with Crippen molar-refractivity contribution in [3.8, 4) is 11.5 Å². The number of ether oxygens (including phenoxy) is 2. The first-order chi connectivity index (χ1) is 17.8. The summed E-state index contributed by atoms with van der Waals surface area (Å²) in [6.45, 7) is 3.65. The summed E-state index contributed by atoms with van der Waals surface area (Å²) >= 11 is 6.33. The molecule has 2 aromatic carbocycles. The van der Waals surface area contributed by atoms with Crippen LogP contribution < -0.4 is 24.8 Å². The average Bonchev–Trinajstić information content (AvgIpc) is 2.87. The molecule has 1 aliphatic heterocycles. The Bertz CT molecular complexity index is 1320. The summed E-state index contributed by atoms with van der Waals surface area (Å²) in [7, 11) is -1.86. The molecule has 1 saturated heterocycles. The molecule has 2 heterocycles. The number of aromatic nitrogens is 2. The number of anilines is 5. The second-order valence-corrected chi connectivity index (χ2v) is 10.8. The predicted octanol–water partition coefficient (Wildman–Crippen LogP) is 4.86. The smallest absolute Gasteiger partial charge is 0.229 e. The Morgan fingerprint density at radius 2 is 1.78 bits per heavy atom. The van der Waals surface area contributed by atoms with Gasteiger partial charge in [0.25, 0.3) is 0 Å². The zero-order valence-electron chi connectivity index (χ0n) is 20.8. The lowest BCUT2D eigenvalue weighted by molar-refractivity contribution is 0.180. The number of nitrogens with one attached hydrogen (secondary N) is 3. The van der Waals surface area contributed by atoms with Crippen LogP contribution in [0.3, 0.4) is 0 Å². The Balaban J connectivity index is 1.47. The van der Waals surface area contributed by atoms with Crippen molar-refractivity contribution in [1.82, 2.24) is 14.9 Å². The number of likely N-dealkylation sites (tertiary alicyclic amines) is 1. The lowest BCUT2D eigenvalue weighted by Gasteiger charge is -2.26. The lowest BCUT2D eigenvalue weighted by Crippen LogP contribution is -2.33.